The normalized spacial score (nSPS) is 23.9. The third-order valence-electron chi connectivity index (χ3n) is 2.85. The minimum atomic E-state index is 0.502. The Morgan fingerprint density at radius 3 is 3.21 bits per heavy atom. The van der Waals surface area contributed by atoms with Crippen molar-refractivity contribution in [3.63, 3.8) is 0 Å². The maximum absolute atomic E-state index is 5.35. The van der Waals surface area contributed by atoms with Gasteiger partial charge in [0, 0.05) is 12.6 Å². The summed E-state index contributed by atoms with van der Waals surface area (Å²) in [6, 6.07) is 4.41. The summed E-state index contributed by atoms with van der Waals surface area (Å²) in [4.78, 5) is 0. The van der Waals surface area contributed by atoms with E-state index in [1.807, 2.05) is 12.1 Å². The predicted molar refractivity (Wildman–Crippen MR) is 53.9 cm³/mol. The van der Waals surface area contributed by atoms with E-state index < -0.39 is 0 Å². The zero-order valence-electron chi connectivity index (χ0n) is 8.53. The van der Waals surface area contributed by atoms with E-state index >= 15 is 0 Å². The fourth-order valence-electron chi connectivity index (χ4n) is 1.79. The van der Waals surface area contributed by atoms with Crippen LogP contribution in [0.2, 0.25) is 0 Å². The molecule has 1 aromatic heterocycles. The van der Waals surface area contributed by atoms with Crippen LogP contribution in [0, 0.1) is 5.92 Å². The van der Waals surface area contributed by atoms with Crippen LogP contribution in [-0.4, -0.2) is 19.3 Å². The quantitative estimate of drug-likeness (QED) is 0.795. The Hall–Kier alpha value is -0.800. The second kappa shape index (κ2) is 4.62. The fourth-order valence-corrected chi connectivity index (χ4v) is 1.79. The Labute approximate surface area is 84.4 Å². The molecule has 1 aliphatic rings. The van der Waals surface area contributed by atoms with Crippen LogP contribution in [0.25, 0.3) is 0 Å². The van der Waals surface area contributed by atoms with Gasteiger partial charge in [0.25, 0.3) is 0 Å². The topological polar surface area (TPSA) is 34.4 Å². The first-order chi connectivity index (χ1) is 6.86. The van der Waals surface area contributed by atoms with Gasteiger partial charge in [-0.3, -0.25) is 0 Å². The van der Waals surface area contributed by atoms with Gasteiger partial charge in [0.2, 0.25) is 0 Å². The zero-order chi connectivity index (χ0) is 9.80. The molecule has 0 saturated carbocycles. The average molecular weight is 195 g/mol. The highest BCUT2D eigenvalue weighted by Crippen LogP contribution is 2.16. The lowest BCUT2D eigenvalue weighted by Crippen LogP contribution is -2.33. The van der Waals surface area contributed by atoms with Gasteiger partial charge < -0.3 is 14.5 Å². The summed E-state index contributed by atoms with van der Waals surface area (Å²) in [5.41, 5.74) is 0. The molecule has 1 saturated heterocycles. The van der Waals surface area contributed by atoms with Crippen LogP contribution in [0.3, 0.4) is 0 Å². The molecule has 0 aliphatic carbocycles. The van der Waals surface area contributed by atoms with E-state index in [1.165, 1.54) is 6.42 Å². The summed E-state index contributed by atoms with van der Waals surface area (Å²) in [6.07, 6.45) is 2.88. The molecule has 0 bridgehead atoms. The molecule has 1 fully saturated rings. The summed E-state index contributed by atoms with van der Waals surface area (Å²) >= 11 is 0. The largest absolute Gasteiger partial charge is 0.468 e. The van der Waals surface area contributed by atoms with Crippen LogP contribution in [0.15, 0.2) is 22.8 Å². The van der Waals surface area contributed by atoms with Crippen LogP contribution in [-0.2, 0) is 11.3 Å². The molecule has 0 spiro atoms. The molecule has 1 N–H and O–H groups in total. The standard InChI is InChI=1S/C11H17NO2/c1-9(10-4-6-13-8-10)12-7-11-3-2-5-14-11/h2-3,5,9-10,12H,4,6-8H2,1H3. The Balaban J connectivity index is 1.74. The highest BCUT2D eigenvalue weighted by atomic mass is 16.5. The molecule has 2 unspecified atom stereocenters. The molecule has 3 heteroatoms. The van der Waals surface area contributed by atoms with E-state index in [1.54, 1.807) is 6.26 Å². The number of furan rings is 1. The molecule has 3 nitrogen and oxygen atoms in total. The van der Waals surface area contributed by atoms with E-state index in [0.717, 1.165) is 25.5 Å². The first kappa shape index (κ1) is 9.74. The van der Waals surface area contributed by atoms with Gasteiger partial charge in [0.1, 0.15) is 5.76 Å². The first-order valence-corrected chi connectivity index (χ1v) is 5.20. The fraction of sp³-hybridized carbons (Fsp3) is 0.636. The molecular formula is C11H17NO2. The average Bonchev–Trinajstić information content (AvgIpc) is 2.87. The van der Waals surface area contributed by atoms with Crippen LogP contribution < -0.4 is 5.32 Å². The monoisotopic (exact) mass is 195 g/mol. The summed E-state index contributed by atoms with van der Waals surface area (Å²) in [6.45, 7) is 4.83. The van der Waals surface area contributed by atoms with Crippen LogP contribution in [0.1, 0.15) is 19.1 Å². The molecule has 0 amide bonds. The minimum Gasteiger partial charge on any atom is -0.468 e. The molecule has 2 rings (SSSR count). The summed E-state index contributed by atoms with van der Waals surface area (Å²) in [5, 5.41) is 3.45. The molecule has 0 radical (unpaired) electrons. The maximum Gasteiger partial charge on any atom is 0.117 e. The smallest absolute Gasteiger partial charge is 0.117 e. The van der Waals surface area contributed by atoms with Gasteiger partial charge in [-0.05, 0) is 31.4 Å². The Kier molecular flexibility index (Phi) is 3.22. The lowest BCUT2D eigenvalue weighted by molar-refractivity contribution is 0.178. The molecule has 1 aromatic rings. The van der Waals surface area contributed by atoms with Crippen molar-refractivity contribution in [2.45, 2.75) is 25.9 Å². The number of nitrogens with one attached hydrogen (secondary N) is 1. The summed E-state index contributed by atoms with van der Waals surface area (Å²) < 4.78 is 10.6. The van der Waals surface area contributed by atoms with Crippen molar-refractivity contribution in [1.82, 2.24) is 5.32 Å². The van der Waals surface area contributed by atoms with Gasteiger partial charge in [-0.15, -0.1) is 0 Å². The Morgan fingerprint density at radius 1 is 1.64 bits per heavy atom. The van der Waals surface area contributed by atoms with Crippen molar-refractivity contribution in [2.24, 2.45) is 5.92 Å². The molecule has 1 aliphatic heterocycles. The van der Waals surface area contributed by atoms with Gasteiger partial charge in [-0.25, -0.2) is 0 Å². The van der Waals surface area contributed by atoms with Crippen molar-refractivity contribution in [1.29, 1.82) is 0 Å². The van der Waals surface area contributed by atoms with E-state index in [-0.39, 0.29) is 0 Å². The maximum atomic E-state index is 5.35. The van der Waals surface area contributed by atoms with E-state index in [4.69, 9.17) is 9.15 Å². The van der Waals surface area contributed by atoms with Crippen LogP contribution in [0.4, 0.5) is 0 Å². The SMILES string of the molecule is CC(NCc1ccco1)C1CCOC1. The number of rotatable bonds is 4. The molecule has 0 aromatic carbocycles. The molecule has 14 heavy (non-hydrogen) atoms. The third kappa shape index (κ3) is 2.36. The second-order valence-electron chi connectivity index (χ2n) is 3.87. The summed E-state index contributed by atoms with van der Waals surface area (Å²) in [7, 11) is 0. The van der Waals surface area contributed by atoms with Crippen molar-refractivity contribution in [3.8, 4) is 0 Å². The highest BCUT2D eigenvalue weighted by molar-refractivity contribution is 4.97. The zero-order valence-corrected chi connectivity index (χ0v) is 8.53. The van der Waals surface area contributed by atoms with Crippen molar-refractivity contribution >= 4 is 0 Å². The van der Waals surface area contributed by atoms with E-state index in [0.29, 0.717) is 12.0 Å². The van der Waals surface area contributed by atoms with Crippen molar-refractivity contribution in [2.75, 3.05) is 13.2 Å². The molecule has 2 atom stereocenters. The van der Waals surface area contributed by atoms with Crippen molar-refractivity contribution < 1.29 is 9.15 Å². The Morgan fingerprint density at radius 2 is 2.57 bits per heavy atom. The minimum absolute atomic E-state index is 0.502. The summed E-state index contributed by atoms with van der Waals surface area (Å²) in [5.74, 6) is 1.65. The Bertz CT molecular complexity index is 252. The molecule has 78 valence electrons. The third-order valence-corrected chi connectivity index (χ3v) is 2.85. The van der Waals surface area contributed by atoms with E-state index in [2.05, 4.69) is 12.2 Å². The number of ether oxygens (including phenoxy) is 1. The molecule has 2 heterocycles. The van der Waals surface area contributed by atoms with Crippen molar-refractivity contribution in [3.05, 3.63) is 24.2 Å². The van der Waals surface area contributed by atoms with Gasteiger partial charge in [0.15, 0.2) is 0 Å². The van der Waals surface area contributed by atoms with E-state index in [9.17, 15) is 0 Å². The number of hydrogen-bond donors (Lipinski definition) is 1. The first-order valence-electron chi connectivity index (χ1n) is 5.20. The van der Waals surface area contributed by atoms with Crippen LogP contribution >= 0.6 is 0 Å². The highest BCUT2D eigenvalue weighted by Gasteiger charge is 2.21. The van der Waals surface area contributed by atoms with Gasteiger partial charge in [-0.1, -0.05) is 0 Å². The van der Waals surface area contributed by atoms with Gasteiger partial charge in [-0.2, -0.15) is 0 Å². The lowest BCUT2D eigenvalue weighted by Gasteiger charge is -2.18. The van der Waals surface area contributed by atoms with Crippen LogP contribution in [0.5, 0.6) is 0 Å². The second-order valence-corrected chi connectivity index (χ2v) is 3.87. The molecular weight excluding hydrogens is 178 g/mol. The van der Waals surface area contributed by atoms with Gasteiger partial charge >= 0.3 is 0 Å². The number of hydrogen-bond acceptors (Lipinski definition) is 3. The van der Waals surface area contributed by atoms with Gasteiger partial charge in [0.05, 0.1) is 19.4 Å². The lowest BCUT2D eigenvalue weighted by atomic mass is 10.0. The predicted octanol–water partition coefficient (Wildman–Crippen LogP) is 1.79.